The number of hydrogen-bond donors (Lipinski definition) is 1. The van der Waals surface area contributed by atoms with Gasteiger partial charge in [0.1, 0.15) is 5.75 Å². The summed E-state index contributed by atoms with van der Waals surface area (Å²) >= 11 is 0. The van der Waals surface area contributed by atoms with Gasteiger partial charge in [0, 0.05) is 31.4 Å². The zero-order valence-corrected chi connectivity index (χ0v) is 14.9. The van der Waals surface area contributed by atoms with Crippen LogP contribution >= 0.6 is 0 Å². The Morgan fingerprint density at radius 2 is 2.24 bits per heavy atom. The Morgan fingerprint density at radius 3 is 2.96 bits per heavy atom. The van der Waals surface area contributed by atoms with Gasteiger partial charge in [-0.05, 0) is 50.6 Å². The fourth-order valence-corrected chi connectivity index (χ4v) is 3.26. The highest BCUT2D eigenvalue weighted by atomic mass is 16.5. The maximum absolute atomic E-state index is 12.0. The van der Waals surface area contributed by atoms with E-state index in [0.29, 0.717) is 18.3 Å². The fraction of sp³-hybridized carbons (Fsp3) is 0.474. The van der Waals surface area contributed by atoms with E-state index in [4.69, 9.17) is 4.74 Å². The number of nitrogens with one attached hydrogen (secondary N) is 1. The number of nitrogens with zero attached hydrogens (tertiary/aromatic N) is 3. The van der Waals surface area contributed by atoms with Crippen molar-refractivity contribution >= 4 is 5.91 Å². The van der Waals surface area contributed by atoms with Crippen molar-refractivity contribution in [2.45, 2.75) is 25.3 Å². The molecule has 1 N–H and O–H groups in total. The largest absolute Gasteiger partial charge is 0.484 e. The summed E-state index contributed by atoms with van der Waals surface area (Å²) in [6.07, 6.45) is 7.24. The van der Waals surface area contributed by atoms with Crippen LogP contribution in [0.5, 0.6) is 5.75 Å². The van der Waals surface area contributed by atoms with Gasteiger partial charge in [-0.1, -0.05) is 12.1 Å². The third-order valence-electron chi connectivity index (χ3n) is 4.71. The minimum atomic E-state index is -0.0765. The molecule has 134 valence electrons. The standard InChI is InChI=1S/C19H26N4O2/c1-22-10-4-6-17(22)8-9-20-19(24)14-25-18-7-3-5-15(11-18)16-12-21-23(2)13-16/h3,5,7,11-13,17H,4,6,8-10,14H2,1-2H3,(H,20,24). The van der Waals surface area contributed by atoms with Gasteiger partial charge in [0.25, 0.3) is 5.91 Å². The lowest BCUT2D eigenvalue weighted by atomic mass is 10.1. The maximum atomic E-state index is 12.0. The second-order valence-electron chi connectivity index (χ2n) is 6.63. The van der Waals surface area contributed by atoms with Crippen LogP contribution in [0.3, 0.4) is 0 Å². The molecule has 0 aliphatic carbocycles. The van der Waals surface area contributed by atoms with E-state index in [1.54, 1.807) is 4.68 Å². The lowest BCUT2D eigenvalue weighted by molar-refractivity contribution is -0.123. The molecule has 0 saturated carbocycles. The number of aromatic nitrogens is 2. The first-order valence-corrected chi connectivity index (χ1v) is 8.80. The summed E-state index contributed by atoms with van der Waals surface area (Å²) < 4.78 is 7.39. The Bertz CT molecular complexity index is 713. The topological polar surface area (TPSA) is 59.4 Å². The molecular weight excluding hydrogens is 316 g/mol. The fourth-order valence-electron chi connectivity index (χ4n) is 3.26. The van der Waals surface area contributed by atoms with Crippen LogP contribution in [0.1, 0.15) is 19.3 Å². The molecule has 0 radical (unpaired) electrons. The zero-order valence-electron chi connectivity index (χ0n) is 14.9. The van der Waals surface area contributed by atoms with Gasteiger partial charge in [-0.2, -0.15) is 5.10 Å². The van der Waals surface area contributed by atoms with Gasteiger partial charge in [0.05, 0.1) is 6.20 Å². The van der Waals surface area contributed by atoms with E-state index < -0.39 is 0 Å². The summed E-state index contributed by atoms with van der Waals surface area (Å²) in [5.41, 5.74) is 2.05. The van der Waals surface area contributed by atoms with Crippen LogP contribution in [0.2, 0.25) is 0 Å². The van der Waals surface area contributed by atoms with Crippen molar-refractivity contribution in [3.8, 4) is 16.9 Å². The zero-order chi connectivity index (χ0) is 17.6. The molecule has 1 saturated heterocycles. The van der Waals surface area contributed by atoms with Crippen LogP contribution in [0, 0.1) is 0 Å². The van der Waals surface area contributed by atoms with Gasteiger partial charge in [-0.3, -0.25) is 9.48 Å². The molecule has 0 spiro atoms. The second kappa shape index (κ2) is 8.16. The molecule has 6 heteroatoms. The first-order chi connectivity index (χ1) is 12.1. The van der Waals surface area contributed by atoms with Crippen molar-refractivity contribution in [3.05, 3.63) is 36.7 Å². The Labute approximate surface area is 148 Å². The molecule has 3 rings (SSSR count). The van der Waals surface area contributed by atoms with Crippen molar-refractivity contribution < 1.29 is 9.53 Å². The highest BCUT2D eigenvalue weighted by Gasteiger charge is 2.20. The van der Waals surface area contributed by atoms with Crippen molar-refractivity contribution in [2.75, 3.05) is 26.7 Å². The average Bonchev–Trinajstić information content (AvgIpc) is 3.22. The van der Waals surface area contributed by atoms with Crippen LogP contribution in [0.25, 0.3) is 11.1 Å². The lowest BCUT2D eigenvalue weighted by Crippen LogP contribution is -2.34. The third kappa shape index (κ3) is 4.82. The molecule has 2 heterocycles. The Hall–Kier alpha value is -2.34. The number of aryl methyl sites for hydroxylation is 1. The van der Waals surface area contributed by atoms with Crippen LogP contribution in [0.15, 0.2) is 36.7 Å². The molecule has 1 aromatic carbocycles. The predicted octanol–water partition coefficient (Wildman–Crippen LogP) is 2.07. The summed E-state index contributed by atoms with van der Waals surface area (Å²) in [6, 6.07) is 8.31. The van der Waals surface area contributed by atoms with E-state index in [2.05, 4.69) is 22.4 Å². The minimum Gasteiger partial charge on any atom is -0.484 e. The summed E-state index contributed by atoms with van der Waals surface area (Å²) in [4.78, 5) is 14.3. The van der Waals surface area contributed by atoms with Crippen LogP contribution in [0.4, 0.5) is 0 Å². The number of rotatable bonds is 7. The molecule has 0 bridgehead atoms. The Morgan fingerprint density at radius 1 is 1.36 bits per heavy atom. The number of amides is 1. The maximum Gasteiger partial charge on any atom is 0.257 e. The van der Waals surface area contributed by atoms with E-state index in [1.807, 2.05) is 43.7 Å². The van der Waals surface area contributed by atoms with Gasteiger partial charge >= 0.3 is 0 Å². The minimum absolute atomic E-state index is 0.0387. The summed E-state index contributed by atoms with van der Waals surface area (Å²) in [5.74, 6) is 0.611. The Balaban J connectivity index is 1.44. The van der Waals surface area contributed by atoms with Crippen molar-refractivity contribution in [1.29, 1.82) is 0 Å². The first kappa shape index (κ1) is 17.5. The van der Waals surface area contributed by atoms with Crippen LogP contribution in [-0.4, -0.2) is 53.4 Å². The van der Waals surface area contributed by atoms with Crippen molar-refractivity contribution in [3.63, 3.8) is 0 Å². The highest BCUT2D eigenvalue weighted by molar-refractivity contribution is 5.77. The molecule has 1 amide bonds. The van der Waals surface area contributed by atoms with Gasteiger partial charge in [0.2, 0.25) is 0 Å². The molecule has 2 aromatic rings. The quantitative estimate of drug-likeness (QED) is 0.837. The summed E-state index contributed by atoms with van der Waals surface area (Å²) in [5, 5.41) is 7.12. The second-order valence-corrected chi connectivity index (χ2v) is 6.63. The molecule has 25 heavy (non-hydrogen) atoms. The van der Waals surface area contributed by atoms with Gasteiger partial charge in [-0.15, -0.1) is 0 Å². The van der Waals surface area contributed by atoms with E-state index in [0.717, 1.165) is 24.1 Å². The first-order valence-electron chi connectivity index (χ1n) is 8.80. The van der Waals surface area contributed by atoms with E-state index >= 15 is 0 Å². The van der Waals surface area contributed by atoms with E-state index in [9.17, 15) is 4.79 Å². The van der Waals surface area contributed by atoms with Crippen LogP contribution < -0.4 is 10.1 Å². The van der Waals surface area contributed by atoms with Crippen molar-refractivity contribution in [1.82, 2.24) is 20.0 Å². The number of benzene rings is 1. The van der Waals surface area contributed by atoms with Crippen LogP contribution in [-0.2, 0) is 11.8 Å². The van der Waals surface area contributed by atoms with E-state index in [-0.39, 0.29) is 12.5 Å². The smallest absolute Gasteiger partial charge is 0.257 e. The molecule has 1 aliphatic rings. The van der Waals surface area contributed by atoms with Gasteiger partial charge in [0.15, 0.2) is 6.61 Å². The molecular formula is C19H26N4O2. The van der Waals surface area contributed by atoms with Gasteiger partial charge in [-0.25, -0.2) is 0 Å². The average molecular weight is 342 g/mol. The van der Waals surface area contributed by atoms with Gasteiger partial charge < -0.3 is 15.0 Å². The Kier molecular flexibility index (Phi) is 5.71. The SMILES string of the molecule is CN1CCCC1CCNC(=O)COc1cccc(-c2cnn(C)c2)c1. The molecule has 1 aromatic heterocycles. The molecule has 1 unspecified atom stereocenters. The summed E-state index contributed by atoms with van der Waals surface area (Å²) in [6.45, 7) is 1.90. The number of hydrogen-bond acceptors (Lipinski definition) is 4. The van der Waals surface area contributed by atoms with E-state index in [1.165, 1.54) is 12.8 Å². The number of likely N-dealkylation sites (tertiary alicyclic amines) is 1. The summed E-state index contributed by atoms with van der Waals surface area (Å²) in [7, 11) is 4.04. The molecule has 1 fully saturated rings. The third-order valence-corrected chi connectivity index (χ3v) is 4.71. The number of carbonyl (C=O) groups excluding carboxylic acids is 1. The molecule has 6 nitrogen and oxygen atoms in total. The lowest BCUT2D eigenvalue weighted by Gasteiger charge is -2.19. The normalized spacial score (nSPS) is 17.6. The highest BCUT2D eigenvalue weighted by Crippen LogP contribution is 2.23. The molecule has 1 aliphatic heterocycles. The molecule has 1 atom stereocenters. The monoisotopic (exact) mass is 342 g/mol. The number of ether oxygens (including phenoxy) is 1. The number of carbonyl (C=O) groups is 1. The predicted molar refractivity (Wildman–Crippen MR) is 97.4 cm³/mol. The van der Waals surface area contributed by atoms with Crippen molar-refractivity contribution in [2.24, 2.45) is 7.05 Å².